The van der Waals surface area contributed by atoms with Gasteiger partial charge in [-0.05, 0) is 13.8 Å². The minimum absolute atomic E-state index is 0.0261. The minimum atomic E-state index is -0.0261. The lowest BCUT2D eigenvalue weighted by atomic mass is 9.96. The van der Waals surface area contributed by atoms with Gasteiger partial charge >= 0.3 is 0 Å². The van der Waals surface area contributed by atoms with E-state index in [0.717, 1.165) is 5.69 Å². The van der Waals surface area contributed by atoms with Crippen molar-refractivity contribution in [3.63, 3.8) is 0 Å². The Morgan fingerprint density at radius 3 is 2.80 bits per heavy atom. The zero-order valence-corrected chi connectivity index (χ0v) is 8.90. The van der Waals surface area contributed by atoms with Crippen molar-refractivity contribution >= 4 is 5.78 Å². The van der Waals surface area contributed by atoms with E-state index >= 15 is 0 Å². The molecule has 5 heteroatoms. The SMILES string of the molecule is Cc1ncc(C2CC(=O)CC(C)N2)nn1. The number of aromatic nitrogens is 3. The number of aryl methyl sites for hydroxylation is 1. The van der Waals surface area contributed by atoms with Crippen molar-refractivity contribution in [2.45, 2.75) is 38.8 Å². The maximum Gasteiger partial charge on any atom is 0.147 e. The third-order valence-corrected chi connectivity index (χ3v) is 2.50. The van der Waals surface area contributed by atoms with E-state index in [9.17, 15) is 4.79 Å². The van der Waals surface area contributed by atoms with Gasteiger partial charge in [-0.2, -0.15) is 5.10 Å². The van der Waals surface area contributed by atoms with Crippen LogP contribution in [0.1, 0.15) is 37.3 Å². The van der Waals surface area contributed by atoms with Crippen LogP contribution in [-0.2, 0) is 4.79 Å². The molecule has 2 heterocycles. The van der Waals surface area contributed by atoms with E-state index in [1.165, 1.54) is 0 Å². The molecule has 0 amide bonds. The second-order valence-electron chi connectivity index (χ2n) is 4.00. The molecule has 1 aliphatic heterocycles. The molecule has 0 saturated carbocycles. The van der Waals surface area contributed by atoms with Gasteiger partial charge in [0.25, 0.3) is 0 Å². The van der Waals surface area contributed by atoms with Crippen LogP contribution >= 0.6 is 0 Å². The van der Waals surface area contributed by atoms with Crippen LogP contribution < -0.4 is 5.32 Å². The van der Waals surface area contributed by atoms with Crippen molar-refractivity contribution in [3.8, 4) is 0 Å². The van der Waals surface area contributed by atoms with Gasteiger partial charge in [-0.15, -0.1) is 5.10 Å². The van der Waals surface area contributed by atoms with Crippen molar-refractivity contribution in [2.24, 2.45) is 0 Å². The maximum absolute atomic E-state index is 11.4. The number of carbonyl (C=O) groups is 1. The zero-order valence-electron chi connectivity index (χ0n) is 8.90. The largest absolute Gasteiger partial charge is 0.305 e. The Morgan fingerprint density at radius 1 is 1.40 bits per heavy atom. The lowest BCUT2D eigenvalue weighted by Gasteiger charge is -2.26. The summed E-state index contributed by atoms with van der Waals surface area (Å²) in [5, 5.41) is 11.3. The molecule has 15 heavy (non-hydrogen) atoms. The lowest BCUT2D eigenvalue weighted by molar-refractivity contribution is -0.121. The van der Waals surface area contributed by atoms with Crippen LogP contribution in [0, 0.1) is 6.92 Å². The number of piperidine rings is 1. The molecule has 0 aliphatic carbocycles. The standard InChI is InChI=1S/C10H14N4O/c1-6-3-8(15)4-9(12-6)10-5-11-7(2)13-14-10/h5-6,9,12H,3-4H2,1-2H3. The maximum atomic E-state index is 11.4. The predicted octanol–water partition coefficient (Wildman–Crippen LogP) is 0.562. The summed E-state index contributed by atoms with van der Waals surface area (Å²) in [6, 6.07) is 0.182. The summed E-state index contributed by atoms with van der Waals surface area (Å²) in [4.78, 5) is 15.5. The van der Waals surface area contributed by atoms with Gasteiger partial charge < -0.3 is 5.32 Å². The molecule has 2 unspecified atom stereocenters. The normalized spacial score (nSPS) is 26.7. The van der Waals surface area contributed by atoms with Crippen LogP contribution in [0.4, 0.5) is 0 Å². The second kappa shape index (κ2) is 4.02. The molecule has 2 rings (SSSR count). The summed E-state index contributed by atoms with van der Waals surface area (Å²) in [5.74, 6) is 0.919. The highest BCUT2D eigenvalue weighted by Gasteiger charge is 2.26. The average molecular weight is 206 g/mol. The number of nitrogens with one attached hydrogen (secondary N) is 1. The van der Waals surface area contributed by atoms with Crippen molar-refractivity contribution in [3.05, 3.63) is 17.7 Å². The monoisotopic (exact) mass is 206 g/mol. The molecule has 80 valence electrons. The molecule has 0 spiro atoms. The first-order chi connectivity index (χ1) is 7.15. The highest BCUT2D eigenvalue weighted by Crippen LogP contribution is 2.20. The highest BCUT2D eigenvalue weighted by atomic mass is 16.1. The van der Waals surface area contributed by atoms with E-state index < -0.39 is 0 Å². The number of Topliss-reactive ketones (excluding diaryl/α,β-unsaturated/α-hetero) is 1. The van der Waals surface area contributed by atoms with E-state index in [4.69, 9.17) is 0 Å². The van der Waals surface area contributed by atoms with Gasteiger partial charge in [0.2, 0.25) is 0 Å². The fraction of sp³-hybridized carbons (Fsp3) is 0.600. The summed E-state index contributed by atoms with van der Waals surface area (Å²) in [6.07, 6.45) is 2.78. The average Bonchev–Trinajstić information content (AvgIpc) is 2.17. The molecule has 5 nitrogen and oxygen atoms in total. The number of hydrogen-bond donors (Lipinski definition) is 1. The van der Waals surface area contributed by atoms with Gasteiger partial charge in [0.05, 0.1) is 17.9 Å². The van der Waals surface area contributed by atoms with Gasteiger partial charge in [-0.1, -0.05) is 0 Å². The third kappa shape index (κ3) is 2.36. The summed E-state index contributed by atoms with van der Waals surface area (Å²) in [6.45, 7) is 3.79. The first-order valence-electron chi connectivity index (χ1n) is 5.09. The molecule has 0 bridgehead atoms. The number of ketones is 1. The fourth-order valence-electron chi connectivity index (χ4n) is 1.80. The number of rotatable bonds is 1. The quantitative estimate of drug-likeness (QED) is 0.727. The molecular weight excluding hydrogens is 192 g/mol. The molecule has 1 aliphatic rings. The summed E-state index contributed by atoms with van der Waals surface area (Å²) in [7, 11) is 0. The molecular formula is C10H14N4O. The van der Waals surface area contributed by atoms with Crippen LogP contribution in [-0.4, -0.2) is 27.0 Å². The molecule has 0 aromatic carbocycles. The lowest BCUT2D eigenvalue weighted by Crippen LogP contribution is -2.39. The van der Waals surface area contributed by atoms with Crippen LogP contribution in [0.15, 0.2) is 6.20 Å². The predicted molar refractivity (Wildman–Crippen MR) is 54.1 cm³/mol. The number of hydrogen-bond acceptors (Lipinski definition) is 5. The first kappa shape index (κ1) is 10.2. The molecule has 1 fully saturated rings. The Bertz CT molecular complexity index is 362. The minimum Gasteiger partial charge on any atom is -0.305 e. The third-order valence-electron chi connectivity index (χ3n) is 2.50. The van der Waals surface area contributed by atoms with Crippen LogP contribution in [0.5, 0.6) is 0 Å². The van der Waals surface area contributed by atoms with E-state index in [1.54, 1.807) is 13.1 Å². The number of carbonyl (C=O) groups excluding carboxylic acids is 1. The zero-order chi connectivity index (χ0) is 10.8. The molecule has 0 radical (unpaired) electrons. The van der Waals surface area contributed by atoms with Crippen LogP contribution in [0.2, 0.25) is 0 Å². The van der Waals surface area contributed by atoms with Gasteiger partial charge in [0, 0.05) is 18.9 Å². The van der Waals surface area contributed by atoms with Crippen LogP contribution in [0.3, 0.4) is 0 Å². The van der Waals surface area contributed by atoms with Gasteiger partial charge in [0.15, 0.2) is 0 Å². The summed E-state index contributed by atoms with van der Waals surface area (Å²) >= 11 is 0. The van der Waals surface area contributed by atoms with Crippen molar-refractivity contribution in [1.82, 2.24) is 20.5 Å². The van der Waals surface area contributed by atoms with Crippen molar-refractivity contribution in [2.75, 3.05) is 0 Å². The highest BCUT2D eigenvalue weighted by molar-refractivity contribution is 5.80. The van der Waals surface area contributed by atoms with Gasteiger partial charge in [0.1, 0.15) is 11.6 Å². The summed E-state index contributed by atoms with van der Waals surface area (Å²) < 4.78 is 0. The second-order valence-corrected chi connectivity index (χ2v) is 4.00. The smallest absolute Gasteiger partial charge is 0.147 e. The topological polar surface area (TPSA) is 67.8 Å². The summed E-state index contributed by atoms with van der Waals surface area (Å²) in [5.41, 5.74) is 0.750. The van der Waals surface area contributed by atoms with E-state index in [2.05, 4.69) is 20.5 Å². The Balaban J connectivity index is 2.16. The fourth-order valence-corrected chi connectivity index (χ4v) is 1.80. The van der Waals surface area contributed by atoms with Crippen molar-refractivity contribution < 1.29 is 4.79 Å². The Morgan fingerprint density at radius 2 is 2.20 bits per heavy atom. The Kier molecular flexibility index (Phi) is 2.73. The van der Waals surface area contributed by atoms with Crippen molar-refractivity contribution in [1.29, 1.82) is 0 Å². The molecule has 2 atom stereocenters. The first-order valence-corrected chi connectivity index (χ1v) is 5.09. The van der Waals surface area contributed by atoms with E-state index in [0.29, 0.717) is 18.7 Å². The van der Waals surface area contributed by atoms with E-state index in [-0.39, 0.29) is 17.9 Å². The van der Waals surface area contributed by atoms with Crippen LogP contribution in [0.25, 0.3) is 0 Å². The van der Waals surface area contributed by atoms with E-state index in [1.807, 2.05) is 6.92 Å². The van der Waals surface area contributed by atoms with Gasteiger partial charge in [-0.3, -0.25) is 4.79 Å². The Hall–Kier alpha value is -1.36. The molecule has 1 saturated heterocycles. The van der Waals surface area contributed by atoms with Gasteiger partial charge in [-0.25, -0.2) is 4.98 Å². The molecule has 1 aromatic heterocycles. The number of nitrogens with zero attached hydrogens (tertiary/aromatic N) is 3. The Labute approximate surface area is 88.3 Å². The molecule has 1 N–H and O–H groups in total. The molecule has 1 aromatic rings.